The summed E-state index contributed by atoms with van der Waals surface area (Å²) in [6.07, 6.45) is 4.35. The molecule has 1 saturated carbocycles. The number of benzene rings is 1. The normalized spacial score (nSPS) is 17.2. The Kier molecular flexibility index (Phi) is 7.26. The number of nitro groups is 1. The number of likely N-dealkylation sites (tertiary alicyclic amines) is 1. The molecule has 27 heavy (non-hydrogen) atoms. The van der Waals surface area contributed by atoms with Gasteiger partial charge >= 0.3 is 0 Å². The van der Waals surface area contributed by atoms with Crippen molar-refractivity contribution in [3.8, 4) is 11.5 Å². The Morgan fingerprint density at radius 1 is 1.19 bits per heavy atom. The first-order valence-corrected chi connectivity index (χ1v) is 8.96. The number of amides is 1. The van der Waals surface area contributed by atoms with E-state index >= 15 is 0 Å². The second kappa shape index (κ2) is 9.23. The van der Waals surface area contributed by atoms with E-state index in [9.17, 15) is 14.9 Å². The minimum Gasteiger partial charge on any atom is -0.493 e. The van der Waals surface area contributed by atoms with Crippen molar-refractivity contribution in [2.75, 3.05) is 33.9 Å². The monoisotopic (exact) mass is 399 g/mol. The molecule has 1 amide bonds. The van der Waals surface area contributed by atoms with E-state index in [2.05, 4.69) is 5.32 Å². The van der Waals surface area contributed by atoms with Crippen LogP contribution in [-0.4, -0.2) is 55.6 Å². The van der Waals surface area contributed by atoms with Gasteiger partial charge in [-0.1, -0.05) is 0 Å². The van der Waals surface area contributed by atoms with Crippen LogP contribution in [-0.2, 0) is 0 Å². The Labute approximate surface area is 164 Å². The molecular weight excluding hydrogens is 374 g/mol. The van der Waals surface area contributed by atoms with E-state index in [0.29, 0.717) is 24.9 Å². The molecule has 1 aliphatic carbocycles. The summed E-state index contributed by atoms with van der Waals surface area (Å²) in [6, 6.07) is 3.06. The maximum absolute atomic E-state index is 12.9. The number of halogens is 1. The maximum atomic E-state index is 12.9. The third-order valence-corrected chi connectivity index (χ3v) is 5.10. The summed E-state index contributed by atoms with van der Waals surface area (Å²) in [7, 11) is 2.84. The number of piperidine rings is 1. The largest absolute Gasteiger partial charge is 0.493 e. The van der Waals surface area contributed by atoms with Crippen molar-refractivity contribution in [3.05, 3.63) is 27.8 Å². The van der Waals surface area contributed by atoms with E-state index in [4.69, 9.17) is 9.47 Å². The first kappa shape index (κ1) is 21.2. The molecule has 1 aliphatic heterocycles. The van der Waals surface area contributed by atoms with E-state index in [1.54, 1.807) is 4.90 Å². The Morgan fingerprint density at radius 3 is 2.30 bits per heavy atom. The van der Waals surface area contributed by atoms with Crippen molar-refractivity contribution in [1.82, 2.24) is 10.2 Å². The fourth-order valence-electron chi connectivity index (χ4n) is 3.30. The van der Waals surface area contributed by atoms with Crippen molar-refractivity contribution in [3.63, 3.8) is 0 Å². The predicted molar refractivity (Wildman–Crippen MR) is 103 cm³/mol. The van der Waals surface area contributed by atoms with Crippen LogP contribution in [0.15, 0.2) is 12.1 Å². The van der Waals surface area contributed by atoms with Crippen LogP contribution in [0, 0.1) is 16.0 Å². The predicted octanol–water partition coefficient (Wildman–Crippen LogP) is 2.64. The molecule has 2 fully saturated rings. The number of hydrogen-bond donors (Lipinski definition) is 1. The summed E-state index contributed by atoms with van der Waals surface area (Å²) in [4.78, 5) is 25.4. The summed E-state index contributed by atoms with van der Waals surface area (Å²) in [6.45, 7) is 2.24. The second-order valence-electron chi connectivity index (χ2n) is 6.90. The highest BCUT2D eigenvalue weighted by Crippen LogP contribution is 2.35. The van der Waals surface area contributed by atoms with E-state index in [1.165, 1.54) is 39.2 Å². The topological polar surface area (TPSA) is 93.9 Å². The summed E-state index contributed by atoms with van der Waals surface area (Å²) < 4.78 is 10.3. The zero-order valence-electron chi connectivity index (χ0n) is 15.6. The molecule has 1 N–H and O–H groups in total. The molecule has 0 atom stereocenters. The maximum Gasteiger partial charge on any atom is 0.286 e. The minimum atomic E-state index is -0.556. The SMILES string of the molecule is COc1cc(C(=O)N2CCC(NCC3CC3)CC2)c([N+](=O)[O-])cc1OC.Cl. The van der Waals surface area contributed by atoms with Crippen molar-refractivity contribution < 1.29 is 19.2 Å². The third-order valence-electron chi connectivity index (χ3n) is 5.10. The molecule has 0 radical (unpaired) electrons. The Balaban J connectivity index is 0.00000261. The van der Waals surface area contributed by atoms with Crippen LogP contribution in [0.1, 0.15) is 36.0 Å². The number of ether oxygens (including phenoxy) is 2. The first-order valence-electron chi connectivity index (χ1n) is 8.96. The van der Waals surface area contributed by atoms with Crippen LogP contribution in [0.25, 0.3) is 0 Å². The van der Waals surface area contributed by atoms with Gasteiger partial charge in [-0.3, -0.25) is 14.9 Å². The second-order valence-corrected chi connectivity index (χ2v) is 6.90. The van der Waals surface area contributed by atoms with Gasteiger partial charge in [0.1, 0.15) is 5.56 Å². The van der Waals surface area contributed by atoms with Crippen LogP contribution in [0.5, 0.6) is 11.5 Å². The average Bonchev–Trinajstić information content (AvgIpc) is 3.49. The number of nitro benzene ring substituents is 1. The molecule has 1 aromatic rings. The Morgan fingerprint density at radius 2 is 1.78 bits per heavy atom. The van der Waals surface area contributed by atoms with E-state index < -0.39 is 4.92 Å². The van der Waals surface area contributed by atoms with Crippen LogP contribution >= 0.6 is 12.4 Å². The van der Waals surface area contributed by atoms with E-state index in [-0.39, 0.29) is 35.3 Å². The van der Waals surface area contributed by atoms with Gasteiger partial charge in [-0.05, 0) is 38.1 Å². The number of rotatable bonds is 7. The number of carbonyl (C=O) groups excluding carboxylic acids is 1. The Hall–Kier alpha value is -2.06. The van der Waals surface area contributed by atoms with Gasteiger partial charge < -0.3 is 19.7 Å². The molecule has 8 nitrogen and oxygen atoms in total. The third kappa shape index (κ3) is 5.01. The fourth-order valence-corrected chi connectivity index (χ4v) is 3.30. The lowest BCUT2D eigenvalue weighted by Crippen LogP contribution is -2.45. The first-order chi connectivity index (χ1) is 12.5. The molecule has 1 heterocycles. The van der Waals surface area contributed by atoms with E-state index in [0.717, 1.165) is 25.3 Å². The van der Waals surface area contributed by atoms with Gasteiger partial charge in [0, 0.05) is 25.2 Å². The van der Waals surface area contributed by atoms with Gasteiger partial charge in [-0.2, -0.15) is 0 Å². The molecule has 0 aromatic heterocycles. The molecule has 1 aromatic carbocycles. The summed E-state index contributed by atoms with van der Waals surface area (Å²) in [5, 5.41) is 15.0. The van der Waals surface area contributed by atoms with Crippen molar-refractivity contribution >= 4 is 24.0 Å². The van der Waals surface area contributed by atoms with Crippen molar-refractivity contribution in [2.45, 2.75) is 31.7 Å². The Bertz CT molecular complexity index is 688. The van der Waals surface area contributed by atoms with Gasteiger partial charge in [0.05, 0.1) is 25.2 Å². The van der Waals surface area contributed by atoms with Crippen LogP contribution in [0.3, 0.4) is 0 Å². The van der Waals surface area contributed by atoms with Gasteiger partial charge in [0.2, 0.25) is 0 Å². The van der Waals surface area contributed by atoms with Gasteiger partial charge in [0.25, 0.3) is 11.6 Å². The lowest BCUT2D eigenvalue weighted by Gasteiger charge is -2.32. The average molecular weight is 400 g/mol. The number of carbonyl (C=O) groups is 1. The number of methoxy groups -OCH3 is 2. The lowest BCUT2D eigenvalue weighted by molar-refractivity contribution is -0.385. The molecule has 150 valence electrons. The van der Waals surface area contributed by atoms with Crippen molar-refractivity contribution in [2.24, 2.45) is 5.92 Å². The van der Waals surface area contributed by atoms with Crippen LogP contribution in [0.2, 0.25) is 0 Å². The summed E-state index contributed by atoms with van der Waals surface area (Å²) in [5.74, 6) is 1.03. The molecule has 9 heteroatoms. The highest BCUT2D eigenvalue weighted by molar-refractivity contribution is 5.99. The molecule has 1 saturated heterocycles. The van der Waals surface area contributed by atoms with Gasteiger partial charge in [-0.25, -0.2) is 0 Å². The minimum absolute atomic E-state index is 0. The molecule has 0 spiro atoms. The standard InChI is InChI=1S/C18H25N3O5.ClH/c1-25-16-9-14(15(21(23)24)10-17(16)26-2)18(22)20-7-5-13(6-8-20)19-11-12-3-4-12;/h9-10,12-13,19H,3-8,11H2,1-2H3;1H. The van der Waals surface area contributed by atoms with Crippen molar-refractivity contribution in [1.29, 1.82) is 0 Å². The zero-order valence-corrected chi connectivity index (χ0v) is 16.4. The van der Waals surface area contributed by atoms with Gasteiger partial charge in [-0.15, -0.1) is 12.4 Å². The number of hydrogen-bond acceptors (Lipinski definition) is 6. The van der Waals surface area contributed by atoms with Gasteiger partial charge in [0.15, 0.2) is 11.5 Å². The molecular formula is C18H26ClN3O5. The molecule has 0 bridgehead atoms. The zero-order chi connectivity index (χ0) is 18.7. The van der Waals surface area contributed by atoms with Crippen LogP contribution < -0.4 is 14.8 Å². The molecule has 2 aliphatic rings. The smallest absolute Gasteiger partial charge is 0.286 e. The molecule has 0 unspecified atom stereocenters. The fraction of sp³-hybridized carbons (Fsp3) is 0.611. The van der Waals surface area contributed by atoms with E-state index in [1.807, 2.05) is 0 Å². The number of nitrogens with zero attached hydrogens (tertiary/aromatic N) is 2. The summed E-state index contributed by atoms with van der Waals surface area (Å²) in [5.41, 5.74) is -0.223. The molecule has 3 rings (SSSR count). The highest BCUT2D eigenvalue weighted by Gasteiger charge is 2.31. The van der Waals surface area contributed by atoms with Crippen LogP contribution in [0.4, 0.5) is 5.69 Å². The summed E-state index contributed by atoms with van der Waals surface area (Å²) >= 11 is 0. The lowest BCUT2D eigenvalue weighted by atomic mass is 10.0. The number of nitrogens with one attached hydrogen (secondary N) is 1. The highest BCUT2D eigenvalue weighted by atomic mass is 35.5. The quantitative estimate of drug-likeness (QED) is 0.559.